The number of hydrogen-bond donors (Lipinski definition) is 4. The standard InChI is InChI=1S/C38H41N7O5/c1-20(2)31(43-37(47)50-3)36(46)45-26-13-10-25(18-26)33(45)35-40-28-15-12-24-17-23(11-14-27(24)32(28)42-35)21-6-8-22(9-7-21)29-19-39-34(41-29)30-5-4-16-44(30)38(48)49/h6-9,11-12,14-15,17,19-20,25-26,30-31,33H,4-5,10,13,16,18H2,1-3H3,(H,39,41)(H,40,42)(H,43,47)(H,48,49)/t25-,26+,30?,31?,33-/m0/s1. The molecule has 1 aliphatic carbocycles. The zero-order valence-corrected chi connectivity index (χ0v) is 28.3. The molecule has 12 heteroatoms. The molecule has 0 spiro atoms. The molecule has 2 aromatic heterocycles. The lowest BCUT2D eigenvalue weighted by Gasteiger charge is -2.37. The van der Waals surface area contributed by atoms with Gasteiger partial charge >= 0.3 is 12.2 Å². The summed E-state index contributed by atoms with van der Waals surface area (Å²) >= 11 is 0. The zero-order chi connectivity index (χ0) is 34.7. The molecular formula is C38H41N7O5. The SMILES string of the molecule is COC(=O)NC(C(=O)N1[C@@H]2CC[C@@H](C2)[C@H]1c1nc2ccc3cc(-c4ccc(-c5cnc(C6CCCN6C(=O)O)[nH]5)cc4)ccc3c2[nH]1)C(C)C. The maximum atomic E-state index is 14.0. The summed E-state index contributed by atoms with van der Waals surface area (Å²) in [5, 5.41) is 14.4. The Bertz CT molecular complexity index is 2100. The van der Waals surface area contributed by atoms with Gasteiger partial charge in [0.1, 0.15) is 17.7 Å². The summed E-state index contributed by atoms with van der Waals surface area (Å²) in [7, 11) is 1.31. The van der Waals surface area contributed by atoms with Crippen LogP contribution in [-0.4, -0.2) is 78.7 Å². The second kappa shape index (κ2) is 12.5. The van der Waals surface area contributed by atoms with Gasteiger partial charge in [-0.1, -0.05) is 56.3 Å². The molecule has 1 saturated carbocycles. The summed E-state index contributed by atoms with van der Waals surface area (Å²) in [5.41, 5.74) is 5.80. The fourth-order valence-corrected chi connectivity index (χ4v) is 8.44. The van der Waals surface area contributed by atoms with Crippen LogP contribution in [0.5, 0.6) is 0 Å². The van der Waals surface area contributed by atoms with Crippen LogP contribution in [0.15, 0.2) is 60.8 Å². The van der Waals surface area contributed by atoms with Gasteiger partial charge < -0.3 is 30.0 Å². The molecular weight excluding hydrogens is 634 g/mol. The number of carbonyl (C=O) groups is 3. The van der Waals surface area contributed by atoms with Crippen molar-refractivity contribution in [1.82, 2.24) is 35.1 Å². The number of amides is 3. The summed E-state index contributed by atoms with van der Waals surface area (Å²) in [6.45, 7) is 4.39. The van der Waals surface area contributed by atoms with E-state index in [4.69, 9.17) is 9.72 Å². The van der Waals surface area contributed by atoms with E-state index < -0.39 is 18.2 Å². The van der Waals surface area contributed by atoms with Crippen molar-refractivity contribution in [3.8, 4) is 22.4 Å². The van der Waals surface area contributed by atoms with Gasteiger partial charge in [-0.05, 0) is 78.1 Å². The van der Waals surface area contributed by atoms with Gasteiger partial charge in [-0.3, -0.25) is 9.69 Å². The van der Waals surface area contributed by atoms with Gasteiger partial charge in [0.2, 0.25) is 5.91 Å². The van der Waals surface area contributed by atoms with Gasteiger partial charge in [0.25, 0.3) is 0 Å². The van der Waals surface area contributed by atoms with Crippen molar-refractivity contribution in [2.75, 3.05) is 13.7 Å². The number of nitrogens with one attached hydrogen (secondary N) is 3. The molecule has 5 aromatic rings. The smallest absolute Gasteiger partial charge is 0.407 e. The quantitative estimate of drug-likeness (QED) is 0.144. The van der Waals surface area contributed by atoms with Crippen molar-refractivity contribution in [2.45, 2.75) is 70.1 Å². The van der Waals surface area contributed by atoms with Gasteiger partial charge in [-0.25, -0.2) is 19.6 Å². The Balaban J connectivity index is 1.05. The molecule has 4 N–H and O–H groups in total. The van der Waals surface area contributed by atoms with E-state index in [9.17, 15) is 19.5 Å². The molecule has 2 aliphatic heterocycles. The molecule has 12 nitrogen and oxygen atoms in total. The molecule has 0 radical (unpaired) electrons. The monoisotopic (exact) mass is 675 g/mol. The van der Waals surface area contributed by atoms with E-state index in [2.05, 4.69) is 68.8 Å². The van der Waals surface area contributed by atoms with Crippen LogP contribution in [0.4, 0.5) is 9.59 Å². The molecule has 2 unspecified atom stereocenters. The number of rotatable bonds is 7. The lowest BCUT2D eigenvalue weighted by atomic mass is 9.95. The van der Waals surface area contributed by atoms with E-state index in [-0.39, 0.29) is 30.0 Å². The van der Waals surface area contributed by atoms with Crippen molar-refractivity contribution in [3.05, 3.63) is 72.4 Å². The van der Waals surface area contributed by atoms with Gasteiger partial charge in [0, 0.05) is 18.0 Å². The topological polar surface area (TPSA) is 157 Å². The number of ether oxygens (including phenoxy) is 1. The second-order valence-corrected chi connectivity index (χ2v) is 14.2. The highest BCUT2D eigenvalue weighted by Crippen LogP contribution is 2.50. The summed E-state index contributed by atoms with van der Waals surface area (Å²) in [4.78, 5) is 57.7. The Kier molecular flexibility index (Phi) is 7.96. The third-order valence-electron chi connectivity index (χ3n) is 10.9. The minimum atomic E-state index is -0.913. The minimum absolute atomic E-state index is 0.0878. The number of benzene rings is 3. The minimum Gasteiger partial charge on any atom is -0.465 e. The number of hydrogen-bond acceptors (Lipinski definition) is 6. The largest absolute Gasteiger partial charge is 0.465 e. The Morgan fingerprint density at radius 3 is 2.50 bits per heavy atom. The van der Waals surface area contributed by atoms with Crippen LogP contribution >= 0.6 is 0 Å². The number of carboxylic acid groups (broad SMARTS) is 1. The van der Waals surface area contributed by atoms with Crippen LogP contribution in [0.3, 0.4) is 0 Å². The Labute approximate surface area is 289 Å². The normalized spacial score (nSPS) is 22.2. The third kappa shape index (κ3) is 5.43. The van der Waals surface area contributed by atoms with E-state index in [1.165, 1.54) is 12.0 Å². The van der Waals surface area contributed by atoms with Crippen molar-refractivity contribution >= 4 is 39.9 Å². The third-order valence-corrected chi connectivity index (χ3v) is 10.9. The number of piperidine rings is 1. The van der Waals surface area contributed by atoms with E-state index in [1.54, 1.807) is 6.20 Å². The summed E-state index contributed by atoms with van der Waals surface area (Å²) in [6.07, 6.45) is 4.79. The van der Waals surface area contributed by atoms with Crippen LogP contribution in [0.2, 0.25) is 0 Å². The van der Waals surface area contributed by atoms with Crippen LogP contribution in [0, 0.1) is 11.8 Å². The maximum Gasteiger partial charge on any atom is 0.407 e. The highest BCUT2D eigenvalue weighted by atomic mass is 16.5. The Hall–Kier alpha value is -5.39. The van der Waals surface area contributed by atoms with Gasteiger partial charge in [0.05, 0.1) is 42.1 Å². The fraction of sp³-hybridized carbons (Fsp3) is 0.395. The van der Waals surface area contributed by atoms with Crippen LogP contribution in [0.25, 0.3) is 44.2 Å². The van der Waals surface area contributed by atoms with E-state index >= 15 is 0 Å². The van der Waals surface area contributed by atoms with Crippen molar-refractivity contribution < 1.29 is 24.2 Å². The number of nitrogens with zero attached hydrogens (tertiary/aromatic N) is 4. The van der Waals surface area contributed by atoms with Crippen LogP contribution in [-0.2, 0) is 9.53 Å². The summed E-state index contributed by atoms with van der Waals surface area (Å²) < 4.78 is 4.82. The predicted octanol–water partition coefficient (Wildman–Crippen LogP) is 7.02. The average Bonchev–Trinajstić information content (AvgIpc) is 3.96. The molecule has 5 atom stereocenters. The van der Waals surface area contributed by atoms with Crippen molar-refractivity contribution in [2.24, 2.45) is 11.8 Å². The number of carbonyl (C=O) groups excluding carboxylic acids is 2. The Morgan fingerprint density at radius 1 is 0.960 bits per heavy atom. The van der Waals surface area contributed by atoms with Crippen molar-refractivity contribution in [3.63, 3.8) is 0 Å². The zero-order valence-electron chi connectivity index (χ0n) is 28.3. The van der Waals surface area contributed by atoms with Gasteiger partial charge in [0.15, 0.2) is 0 Å². The molecule has 2 bridgehead atoms. The number of methoxy groups -OCH3 is 1. The predicted molar refractivity (Wildman–Crippen MR) is 188 cm³/mol. The number of H-pyrrole nitrogens is 2. The maximum absolute atomic E-state index is 14.0. The molecule has 8 rings (SSSR count). The number of aromatic nitrogens is 4. The first-order valence-corrected chi connectivity index (χ1v) is 17.4. The van der Waals surface area contributed by atoms with Crippen LogP contribution in [0.1, 0.15) is 69.7 Å². The first kappa shape index (κ1) is 31.9. The summed E-state index contributed by atoms with van der Waals surface area (Å²) in [6, 6.07) is 17.9. The van der Waals surface area contributed by atoms with Crippen LogP contribution < -0.4 is 5.32 Å². The van der Waals surface area contributed by atoms with Gasteiger partial charge in [-0.2, -0.15) is 0 Å². The Morgan fingerprint density at radius 2 is 1.74 bits per heavy atom. The highest BCUT2D eigenvalue weighted by Gasteiger charge is 2.51. The molecule has 3 aromatic carbocycles. The first-order chi connectivity index (χ1) is 24.2. The van der Waals surface area contributed by atoms with Crippen molar-refractivity contribution in [1.29, 1.82) is 0 Å². The number of likely N-dealkylation sites (tertiary alicyclic amines) is 2. The molecule has 2 saturated heterocycles. The molecule has 50 heavy (non-hydrogen) atoms. The van der Waals surface area contributed by atoms with Gasteiger partial charge in [-0.15, -0.1) is 0 Å². The molecule has 3 aliphatic rings. The molecule has 4 heterocycles. The first-order valence-electron chi connectivity index (χ1n) is 17.4. The fourth-order valence-electron chi connectivity index (χ4n) is 8.44. The molecule has 3 amide bonds. The number of alkyl carbamates (subject to hydrolysis) is 1. The highest BCUT2D eigenvalue weighted by molar-refractivity contribution is 6.05. The average molecular weight is 676 g/mol. The van der Waals surface area contributed by atoms with E-state index in [0.717, 1.165) is 82.1 Å². The number of imidazole rings is 2. The number of fused-ring (bicyclic) bond motifs is 5. The lowest BCUT2D eigenvalue weighted by molar-refractivity contribution is -0.139. The molecule has 3 fully saturated rings. The molecule has 258 valence electrons. The van der Waals surface area contributed by atoms with E-state index in [1.807, 2.05) is 24.8 Å². The summed E-state index contributed by atoms with van der Waals surface area (Å²) in [5.74, 6) is 1.60. The number of aromatic amines is 2. The van der Waals surface area contributed by atoms with E-state index in [0.29, 0.717) is 18.3 Å². The second-order valence-electron chi connectivity index (χ2n) is 14.2. The lowest BCUT2D eigenvalue weighted by Crippen LogP contribution is -2.54.